The van der Waals surface area contributed by atoms with Crippen LogP contribution in [0.2, 0.25) is 0 Å². The normalized spacial score (nSPS) is 11.6. The van der Waals surface area contributed by atoms with E-state index in [1.807, 2.05) is 0 Å². The van der Waals surface area contributed by atoms with Crippen molar-refractivity contribution in [2.24, 2.45) is 5.73 Å². The van der Waals surface area contributed by atoms with Crippen LogP contribution in [0.25, 0.3) is 0 Å². The van der Waals surface area contributed by atoms with E-state index in [9.17, 15) is 9.18 Å². The van der Waals surface area contributed by atoms with Gasteiger partial charge in [-0.3, -0.25) is 4.79 Å². The zero-order chi connectivity index (χ0) is 13.5. The highest BCUT2D eigenvalue weighted by atomic mass is 35.5. The number of amides is 1. The highest BCUT2D eigenvalue weighted by molar-refractivity contribution is 5.94. The molecule has 0 saturated heterocycles. The van der Waals surface area contributed by atoms with Gasteiger partial charge in [-0.25, -0.2) is 4.39 Å². The molecule has 1 atom stereocenters. The fourth-order valence-electron chi connectivity index (χ4n) is 1.79. The minimum atomic E-state index is -0.457. The van der Waals surface area contributed by atoms with Crippen LogP contribution in [0.1, 0.15) is 42.1 Å². The average molecular weight is 289 g/mol. The van der Waals surface area contributed by atoms with E-state index in [4.69, 9.17) is 5.73 Å². The summed E-state index contributed by atoms with van der Waals surface area (Å²) >= 11 is 0. The summed E-state index contributed by atoms with van der Waals surface area (Å²) in [5.74, 6) is -0.844. The Bertz CT molecular complexity index is 412. The Balaban J connectivity index is 0.00000324. The largest absolute Gasteiger partial charge is 0.348 e. The number of benzene rings is 1. The molecule has 1 unspecified atom stereocenters. The van der Waals surface area contributed by atoms with Gasteiger partial charge in [-0.15, -0.1) is 12.4 Å². The summed E-state index contributed by atoms with van der Waals surface area (Å²) in [6.45, 7) is 4.10. The van der Waals surface area contributed by atoms with Crippen molar-refractivity contribution < 1.29 is 9.18 Å². The number of hydrogen-bond donors (Lipinski definition) is 2. The summed E-state index contributed by atoms with van der Waals surface area (Å²) in [6.07, 6.45) is 2.87. The Labute approximate surface area is 120 Å². The maximum Gasteiger partial charge on any atom is 0.254 e. The van der Waals surface area contributed by atoms with E-state index in [-0.39, 0.29) is 29.9 Å². The quantitative estimate of drug-likeness (QED) is 0.846. The second kappa shape index (κ2) is 8.88. The average Bonchev–Trinajstić information content (AvgIpc) is 2.37. The van der Waals surface area contributed by atoms with Crippen molar-refractivity contribution in [3.05, 3.63) is 35.1 Å². The minimum Gasteiger partial charge on any atom is -0.348 e. The molecule has 3 N–H and O–H groups in total. The van der Waals surface area contributed by atoms with Crippen molar-refractivity contribution in [2.45, 2.75) is 39.2 Å². The fraction of sp³-hybridized carbons (Fsp3) is 0.500. The van der Waals surface area contributed by atoms with Crippen LogP contribution in [-0.2, 0) is 0 Å². The number of carbonyl (C=O) groups is 1. The number of carbonyl (C=O) groups excluding carboxylic acids is 1. The van der Waals surface area contributed by atoms with Crippen LogP contribution in [0.4, 0.5) is 4.39 Å². The summed E-state index contributed by atoms with van der Waals surface area (Å²) in [4.78, 5) is 11.9. The molecule has 108 valence electrons. The number of hydrogen-bond acceptors (Lipinski definition) is 2. The summed E-state index contributed by atoms with van der Waals surface area (Å²) in [5, 5.41) is 2.78. The molecule has 0 aliphatic carbocycles. The van der Waals surface area contributed by atoms with Crippen molar-refractivity contribution in [1.82, 2.24) is 5.32 Å². The molecule has 0 fully saturated rings. The lowest BCUT2D eigenvalue weighted by molar-refractivity contribution is 0.0931. The molecule has 19 heavy (non-hydrogen) atoms. The first-order chi connectivity index (χ1) is 8.60. The first-order valence-corrected chi connectivity index (χ1v) is 6.36. The Morgan fingerprint density at radius 3 is 2.74 bits per heavy atom. The molecular formula is C14H22ClFN2O. The molecule has 0 radical (unpaired) electrons. The van der Waals surface area contributed by atoms with E-state index in [1.165, 1.54) is 6.07 Å². The molecule has 0 aliphatic rings. The molecule has 0 saturated carbocycles. The van der Waals surface area contributed by atoms with Gasteiger partial charge in [0.2, 0.25) is 0 Å². The zero-order valence-corrected chi connectivity index (χ0v) is 12.2. The van der Waals surface area contributed by atoms with Crippen LogP contribution in [-0.4, -0.2) is 18.5 Å². The van der Waals surface area contributed by atoms with Gasteiger partial charge in [-0.2, -0.15) is 0 Å². The van der Waals surface area contributed by atoms with Crippen LogP contribution in [0.3, 0.4) is 0 Å². The first kappa shape index (κ1) is 17.9. The Morgan fingerprint density at radius 1 is 1.47 bits per heavy atom. The minimum absolute atomic E-state index is 0. The van der Waals surface area contributed by atoms with E-state index in [0.717, 1.165) is 19.3 Å². The highest BCUT2D eigenvalue weighted by Gasteiger charge is 2.16. The fourth-order valence-corrected chi connectivity index (χ4v) is 1.79. The number of rotatable bonds is 6. The highest BCUT2D eigenvalue weighted by Crippen LogP contribution is 2.12. The molecule has 0 heterocycles. The third kappa shape index (κ3) is 5.17. The van der Waals surface area contributed by atoms with Crippen LogP contribution >= 0.6 is 12.4 Å². The van der Waals surface area contributed by atoms with Crippen molar-refractivity contribution >= 4 is 18.3 Å². The topological polar surface area (TPSA) is 55.1 Å². The van der Waals surface area contributed by atoms with E-state index >= 15 is 0 Å². The molecule has 0 aromatic heterocycles. The molecule has 0 aliphatic heterocycles. The van der Waals surface area contributed by atoms with Crippen LogP contribution in [0.15, 0.2) is 18.2 Å². The van der Waals surface area contributed by atoms with Crippen molar-refractivity contribution in [3.8, 4) is 0 Å². The van der Waals surface area contributed by atoms with E-state index in [1.54, 1.807) is 19.1 Å². The summed E-state index contributed by atoms with van der Waals surface area (Å²) in [7, 11) is 0. The number of nitrogens with two attached hydrogens (primary N) is 1. The number of unbranched alkanes of at least 4 members (excludes halogenated alkanes) is 1. The third-order valence-electron chi connectivity index (χ3n) is 2.96. The lowest BCUT2D eigenvalue weighted by Gasteiger charge is -2.17. The van der Waals surface area contributed by atoms with Gasteiger partial charge in [0, 0.05) is 12.6 Å². The van der Waals surface area contributed by atoms with Crippen LogP contribution in [0.5, 0.6) is 0 Å². The molecule has 1 rings (SSSR count). The smallest absolute Gasteiger partial charge is 0.254 e. The Hall–Kier alpha value is -1.13. The molecule has 1 aromatic carbocycles. The summed E-state index contributed by atoms with van der Waals surface area (Å²) in [6, 6.07) is 4.73. The van der Waals surface area contributed by atoms with E-state index in [0.29, 0.717) is 12.1 Å². The molecule has 0 bridgehead atoms. The van der Waals surface area contributed by atoms with Gasteiger partial charge >= 0.3 is 0 Å². The number of nitrogens with one attached hydrogen (secondary N) is 1. The molecule has 3 nitrogen and oxygen atoms in total. The number of halogens is 2. The molecule has 0 spiro atoms. The van der Waals surface area contributed by atoms with E-state index < -0.39 is 5.82 Å². The van der Waals surface area contributed by atoms with Gasteiger partial charge in [0.1, 0.15) is 5.82 Å². The van der Waals surface area contributed by atoms with Crippen LogP contribution in [0, 0.1) is 12.7 Å². The first-order valence-electron chi connectivity index (χ1n) is 6.36. The molecule has 5 heteroatoms. The van der Waals surface area contributed by atoms with Gasteiger partial charge in [-0.05, 0) is 25.0 Å². The van der Waals surface area contributed by atoms with Gasteiger partial charge in [0.15, 0.2) is 0 Å². The van der Waals surface area contributed by atoms with E-state index in [2.05, 4.69) is 12.2 Å². The van der Waals surface area contributed by atoms with Gasteiger partial charge < -0.3 is 11.1 Å². The zero-order valence-electron chi connectivity index (χ0n) is 11.4. The van der Waals surface area contributed by atoms with Gasteiger partial charge in [0.05, 0.1) is 5.56 Å². The Kier molecular flexibility index (Phi) is 8.35. The third-order valence-corrected chi connectivity index (χ3v) is 2.96. The monoisotopic (exact) mass is 288 g/mol. The van der Waals surface area contributed by atoms with Gasteiger partial charge in [-0.1, -0.05) is 31.9 Å². The van der Waals surface area contributed by atoms with Crippen molar-refractivity contribution in [2.75, 3.05) is 6.54 Å². The Morgan fingerprint density at radius 2 is 2.16 bits per heavy atom. The van der Waals surface area contributed by atoms with Crippen molar-refractivity contribution in [3.63, 3.8) is 0 Å². The number of aryl methyl sites for hydroxylation is 1. The SMILES string of the molecule is CCCCC(CN)NC(=O)c1cccc(C)c1F.Cl. The maximum atomic E-state index is 13.8. The second-order valence-corrected chi connectivity index (χ2v) is 4.48. The van der Waals surface area contributed by atoms with Crippen molar-refractivity contribution in [1.29, 1.82) is 0 Å². The standard InChI is InChI=1S/C14H21FN2O.ClH/c1-3-4-7-11(9-16)17-14(18)12-8-5-6-10(2)13(12)15;/h5-6,8,11H,3-4,7,9,16H2,1-2H3,(H,17,18);1H. The molecule has 1 aromatic rings. The van der Waals surface area contributed by atoms with Gasteiger partial charge in [0.25, 0.3) is 5.91 Å². The summed E-state index contributed by atoms with van der Waals surface area (Å²) in [5.41, 5.74) is 6.16. The summed E-state index contributed by atoms with van der Waals surface area (Å²) < 4.78 is 13.8. The second-order valence-electron chi connectivity index (χ2n) is 4.48. The molecular weight excluding hydrogens is 267 g/mol. The van der Waals surface area contributed by atoms with Crippen LogP contribution < -0.4 is 11.1 Å². The molecule has 1 amide bonds. The predicted molar refractivity (Wildman–Crippen MR) is 78.2 cm³/mol. The predicted octanol–water partition coefficient (Wildman–Crippen LogP) is 2.80. The lowest BCUT2D eigenvalue weighted by atomic mass is 10.1. The maximum absolute atomic E-state index is 13.8. The lowest BCUT2D eigenvalue weighted by Crippen LogP contribution is -2.40.